The Balaban J connectivity index is 2.13. The molecule has 0 amide bonds. The summed E-state index contributed by atoms with van der Waals surface area (Å²) < 4.78 is 23.4. The van der Waals surface area contributed by atoms with Gasteiger partial charge in [0.25, 0.3) is 0 Å². The van der Waals surface area contributed by atoms with Gasteiger partial charge in [-0.25, -0.2) is 8.42 Å². The molecule has 17 heavy (non-hydrogen) atoms. The molecular weight excluding hydrogens is 236 g/mol. The van der Waals surface area contributed by atoms with Gasteiger partial charge in [-0.15, -0.1) is 0 Å². The van der Waals surface area contributed by atoms with Crippen molar-refractivity contribution in [1.29, 1.82) is 0 Å². The van der Waals surface area contributed by atoms with E-state index in [0.29, 0.717) is 12.3 Å². The van der Waals surface area contributed by atoms with Crippen LogP contribution in [0.2, 0.25) is 0 Å². The van der Waals surface area contributed by atoms with Gasteiger partial charge in [-0.05, 0) is 31.7 Å². The molecule has 0 spiro atoms. The molecule has 5 heteroatoms. The second-order valence-corrected chi connectivity index (χ2v) is 7.82. The monoisotopic (exact) mass is 260 g/mol. The minimum absolute atomic E-state index is 0.257. The molecule has 2 N–H and O–H groups in total. The first kappa shape index (κ1) is 13.3. The number of nitrogens with zero attached hydrogens (tertiary/aromatic N) is 1. The number of rotatable bonds is 3. The Labute approximate surface area is 104 Å². The number of hydrogen-bond acceptors (Lipinski definition) is 4. The van der Waals surface area contributed by atoms with E-state index in [1.165, 1.54) is 19.3 Å². The summed E-state index contributed by atoms with van der Waals surface area (Å²) in [7, 11) is -2.86. The predicted octanol–water partition coefficient (Wildman–Crippen LogP) is 0.624. The first-order chi connectivity index (χ1) is 8.01. The Morgan fingerprint density at radius 2 is 2.24 bits per heavy atom. The average molecular weight is 260 g/mol. The van der Waals surface area contributed by atoms with E-state index in [2.05, 4.69) is 11.8 Å². The fraction of sp³-hybridized carbons (Fsp3) is 1.00. The van der Waals surface area contributed by atoms with Crippen LogP contribution in [0.25, 0.3) is 0 Å². The number of likely N-dealkylation sites (tertiary alicyclic amines) is 1. The lowest BCUT2D eigenvalue weighted by Crippen LogP contribution is -2.57. The average Bonchev–Trinajstić information content (AvgIpc) is 2.66. The molecule has 2 saturated heterocycles. The van der Waals surface area contributed by atoms with Gasteiger partial charge in [0.1, 0.15) is 0 Å². The summed E-state index contributed by atoms with van der Waals surface area (Å²) in [6.45, 7) is 4.74. The summed E-state index contributed by atoms with van der Waals surface area (Å²) >= 11 is 0. The minimum atomic E-state index is -2.86. The van der Waals surface area contributed by atoms with Crippen LogP contribution in [0, 0.1) is 5.92 Å². The Morgan fingerprint density at radius 1 is 1.47 bits per heavy atom. The van der Waals surface area contributed by atoms with Crippen LogP contribution in [-0.4, -0.2) is 50.0 Å². The quantitative estimate of drug-likeness (QED) is 0.808. The van der Waals surface area contributed by atoms with Crippen molar-refractivity contribution in [2.45, 2.75) is 38.1 Å². The molecule has 2 aliphatic rings. The highest BCUT2D eigenvalue weighted by atomic mass is 32.2. The second-order valence-electron chi connectivity index (χ2n) is 5.63. The molecule has 0 aromatic rings. The van der Waals surface area contributed by atoms with Crippen LogP contribution in [0.5, 0.6) is 0 Å². The van der Waals surface area contributed by atoms with Crippen LogP contribution in [0.15, 0.2) is 0 Å². The molecule has 2 aliphatic heterocycles. The number of hydrogen-bond donors (Lipinski definition) is 1. The Morgan fingerprint density at radius 3 is 2.76 bits per heavy atom. The van der Waals surface area contributed by atoms with Crippen LogP contribution in [0.4, 0.5) is 0 Å². The van der Waals surface area contributed by atoms with E-state index >= 15 is 0 Å². The minimum Gasteiger partial charge on any atom is -0.329 e. The molecule has 4 nitrogen and oxygen atoms in total. The normalized spacial score (nSPS) is 38.4. The molecular formula is C12H24N2O2S. The summed E-state index contributed by atoms with van der Waals surface area (Å²) in [5, 5.41) is 0. The molecule has 100 valence electrons. The third-order valence-electron chi connectivity index (χ3n) is 4.51. The number of sulfone groups is 1. The summed E-state index contributed by atoms with van der Waals surface area (Å²) in [5.74, 6) is 1.31. The fourth-order valence-electron chi connectivity index (χ4n) is 3.27. The molecule has 2 atom stereocenters. The number of piperidine rings is 1. The molecule has 0 radical (unpaired) electrons. The zero-order valence-electron chi connectivity index (χ0n) is 10.7. The van der Waals surface area contributed by atoms with Gasteiger partial charge in [-0.2, -0.15) is 0 Å². The molecule has 2 fully saturated rings. The standard InChI is InChI=1S/C12H24N2O2S/c1-2-11-4-3-6-14(8-11)12(9-13)5-7-17(15,16)10-12/h11H,2-10,13H2,1H3. The molecule has 2 unspecified atom stereocenters. The van der Waals surface area contributed by atoms with Gasteiger partial charge < -0.3 is 5.73 Å². The van der Waals surface area contributed by atoms with Crippen molar-refractivity contribution in [1.82, 2.24) is 4.90 Å². The van der Waals surface area contributed by atoms with Crippen molar-refractivity contribution in [2.24, 2.45) is 11.7 Å². The van der Waals surface area contributed by atoms with Gasteiger partial charge in [-0.1, -0.05) is 13.3 Å². The topological polar surface area (TPSA) is 63.4 Å². The summed E-state index contributed by atoms with van der Waals surface area (Å²) in [6.07, 6.45) is 4.37. The molecule has 0 aliphatic carbocycles. The van der Waals surface area contributed by atoms with Crippen LogP contribution in [0.3, 0.4) is 0 Å². The van der Waals surface area contributed by atoms with E-state index < -0.39 is 9.84 Å². The molecule has 0 aromatic carbocycles. The highest BCUT2D eigenvalue weighted by Crippen LogP contribution is 2.33. The van der Waals surface area contributed by atoms with E-state index in [-0.39, 0.29) is 11.3 Å². The summed E-state index contributed by atoms with van der Waals surface area (Å²) in [6, 6.07) is 0. The SMILES string of the molecule is CCC1CCCN(C2(CN)CCS(=O)(=O)C2)C1. The van der Waals surface area contributed by atoms with Gasteiger partial charge in [0.15, 0.2) is 9.84 Å². The van der Waals surface area contributed by atoms with Gasteiger partial charge in [-0.3, -0.25) is 4.90 Å². The van der Waals surface area contributed by atoms with Crippen LogP contribution in [0.1, 0.15) is 32.6 Å². The van der Waals surface area contributed by atoms with Gasteiger partial charge in [0.2, 0.25) is 0 Å². The summed E-state index contributed by atoms with van der Waals surface area (Å²) in [5.41, 5.74) is 5.64. The first-order valence-electron chi connectivity index (χ1n) is 6.67. The summed E-state index contributed by atoms with van der Waals surface area (Å²) in [4.78, 5) is 2.37. The first-order valence-corrected chi connectivity index (χ1v) is 8.49. The van der Waals surface area contributed by atoms with E-state index in [1.807, 2.05) is 0 Å². The maximum atomic E-state index is 11.7. The maximum absolute atomic E-state index is 11.7. The zero-order chi connectivity index (χ0) is 12.5. The Kier molecular flexibility index (Phi) is 3.80. The smallest absolute Gasteiger partial charge is 0.152 e. The van der Waals surface area contributed by atoms with E-state index in [0.717, 1.165) is 25.4 Å². The number of nitrogens with two attached hydrogens (primary N) is 1. The second kappa shape index (κ2) is 4.86. The third-order valence-corrected chi connectivity index (χ3v) is 6.32. The van der Waals surface area contributed by atoms with E-state index in [9.17, 15) is 8.42 Å². The third kappa shape index (κ3) is 2.66. The lowest BCUT2D eigenvalue weighted by atomic mass is 9.88. The van der Waals surface area contributed by atoms with Crippen LogP contribution < -0.4 is 5.73 Å². The van der Waals surface area contributed by atoms with E-state index in [4.69, 9.17) is 5.73 Å². The Hall–Kier alpha value is -0.130. The maximum Gasteiger partial charge on any atom is 0.152 e. The van der Waals surface area contributed by atoms with Crippen molar-refractivity contribution in [3.05, 3.63) is 0 Å². The molecule has 0 bridgehead atoms. The lowest BCUT2D eigenvalue weighted by molar-refractivity contribution is 0.0632. The van der Waals surface area contributed by atoms with Gasteiger partial charge in [0.05, 0.1) is 11.5 Å². The molecule has 2 heterocycles. The van der Waals surface area contributed by atoms with E-state index in [1.54, 1.807) is 0 Å². The van der Waals surface area contributed by atoms with Gasteiger partial charge >= 0.3 is 0 Å². The highest BCUT2D eigenvalue weighted by molar-refractivity contribution is 7.91. The van der Waals surface area contributed by atoms with Crippen molar-refractivity contribution in [3.8, 4) is 0 Å². The van der Waals surface area contributed by atoms with Crippen molar-refractivity contribution >= 4 is 9.84 Å². The lowest BCUT2D eigenvalue weighted by Gasteiger charge is -2.44. The fourth-order valence-corrected chi connectivity index (χ4v) is 5.37. The Bertz CT molecular complexity index is 369. The predicted molar refractivity (Wildman–Crippen MR) is 69.6 cm³/mol. The largest absolute Gasteiger partial charge is 0.329 e. The molecule has 0 saturated carbocycles. The highest BCUT2D eigenvalue weighted by Gasteiger charge is 2.46. The van der Waals surface area contributed by atoms with Crippen molar-refractivity contribution < 1.29 is 8.42 Å². The van der Waals surface area contributed by atoms with Gasteiger partial charge in [0, 0.05) is 18.6 Å². The van der Waals surface area contributed by atoms with Crippen molar-refractivity contribution in [3.63, 3.8) is 0 Å². The molecule has 2 rings (SSSR count). The van der Waals surface area contributed by atoms with Crippen molar-refractivity contribution in [2.75, 3.05) is 31.1 Å². The zero-order valence-corrected chi connectivity index (χ0v) is 11.5. The van der Waals surface area contributed by atoms with Crippen LogP contribution in [-0.2, 0) is 9.84 Å². The molecule has 0 aromatic heterocycles. The van der Waals surface area contributed by atoms with Crippen LogP contribution >= 0.6 is 0 Å².